The van der Waals surface area contributed by atoms with Gasteiger partial charge >= 0.3 is 5.97 Å². The number of phenolic OH excluding ortho intramolecular Hbond substituents is 1. The van der Waals surface area contributed by atoms with E-state index in [1.54, 1.807) is 6.92 Å². The SMILES string of the molecule is CC(S)c1c(C(C)C(=O)O)cc(C(C)(C)C)c(O)c1C(C)(C)C. The molecular formula is C19H30O3S. The first-order chi connectivity index (χ1) is 10.2. The maximum atomic E-state index is 11.6. The molecule has 0 bridgehead atoms. The third kappa shape index (κ3) is 4.03. The first-order valence-corrected chi connectivity index (χ1v) is 8.52. The predicted octanol–water partition coefficient (Wildman–Crippen LogP) is 5.17. The topological polar surface area (TPSA) is 57.5 Å². The van der Waals surface area contributed by atoms with E-state index in [0.29, 0.717) is 0 Å². The number of hydrogen-bond donors (Lipinski definition) is 3. The van der Waals surface area contributed by atoms with Gasteiger partial charge in [-0.3, -0.25) is 4.79 Å². The van der Waals surface area contributed by atoms with Gasteiger partial charge in [0.25, 0.3) is 0 Å². The number of carboxylic acids is 1. The zero-order chi connectivity index (χ0) is 18.3. The van der Waals surface area contributed by atoms with Crippen LogP contribution >= 0.6 is 12.6 Å². The lowest BCUT2D eigenvalue weighted by atomic mass is 9.73. The van der Waals surface area contributed by atoms with Crippen molar-refractivity contribution in [3.05, 3.63) is 28.3 Å². The van der Waals surface area contributed by atoms with Crippen molar-refractivity contribution in [2.75, 3.05) is 0 Å². The molecule has 2 N–H and O–H groups in total. The van der Waals surface area contributed by atoms with Crippen LogP contribution in [0.4, 0.5) is 0 Å². The van der Waals surface area contributed by atoms with Gasteiger partial charge in [0, 0.05) is 10.8 Å². The van der Waals surface area contributed by atoms with Crippen molar-refractivity contribution < 1.29 is 15.0 Å². The maximum absolute atomic E-state index is 11.6. The summed E-state index contributed by atoms with van der Waals surface area (Å²) in [6.07, 6.45) is 0. The second kappa shape index (κ2) is 6.39. The highest BCUT2D eigenvalue weighted by atomic mass is 32.1. The lowest BCUT2D eigenvalue weighted by Gasteiger charge is -2.33. The van der Waals surface area contributed by atoms with E-state index in [-0.39, 0.29) is 21.8 Å². The van der Waals surface area contributed by atoms with Crippen LogP contribution in [0.5, 0.6) is 5.75 Å². The Kier molecular flexibility index (Phi) is 5.52. The Morgan fingerprint density at radius 1 is 1.09 bits per heavy atom. The van der Waals surface area contributed by atoms with Gasteiger partial charge < -0.3 is 10.2 Å². The summed E-state index contributed by atoms with van der Waals surface area (Å²) >= 11 is 4.57. The van der Waals surface area contributed by atoms with E-state index < -0.39 is 11.9 Å². The zero-order valence-electron chi connectivity index (χ0n) is 15.5. The summed E-state index contributed by atoms with van der Waals surface area (Å²) in [7, 11) is 0. The minimum absolute atomic E-state index is 0.166. The number of carboxylic acid groups (broad SMARTS) is 1. The lowest BCUT2D eigenvalue weighted by molar-refractivity contribution is -0.138. The number of rotatable bonds is 3. The van der Waals surface area contributed by atoms with Crippen LogP contribution in [0, 0.1) is 0 Å². The quantitative estimate of drug-likeness (QED) is 0.667. The molecule has 0 aromatic heterocycles. The summed E-state index contributed by atoms with van der Waals surface area (Å²) in [4.78, 5) is 11.6. The van der Waals surface area contributed by atoms with Crippen molar-refractivity contribution in [2.24, 2.45) is 0 Å². The standard InChI is InChI=1S/C19H30O3S/c1-10(17(21)22)12-9-13(18(3,4)5)16(20)15(19(6,7)8)14(12)11(2)23/h9-11,20,23H,1-8H3,(H,21,22). The van der Waals surface area contributed by atoms with E-state index >= 15 is 0 Å². The fourth-order valence-corrected chi connectivity index (χ4v) is 3.26. The van der Waals surface area contributed by atoms with Gasteiger partial charge in [0.2, 0.25) is 0 Å². The third-order valence-corrected chi connectivity index (χ3v) is 4.44. The molecule has 0 spiro atoms. The van der Waals surface area contributed by atoms with Crippen molar-refractivity contribution in [1.29, 1.82) is 0 Å². The van der Waals surface area contributed by atoms with E-state index in [1.807, 2.05) is 54.5 Å². The first kappa shape index (κ1) is 19.9. The molecule has 0 amide bonds. The molecule has 4 heteroatoms. The number of hydrogen-bond acceptors (Lipinski definition) is 3. The molecule has 1 aromatic carbocycles. The fraction of sp³-hybridized carbons (Fsp3) is 0.632. The van der Waals surface area contributed by atoms with E-state index in [1.165, 1.54) is 0 Å². The van der Waals surface area contributed by atoms with E-state index in [2.05, 4.69) is 12.6 Å². The molecule has 1 rings (SSSR count). The van der Waals surface area contributed by atoms with Gasteiger partial charge in [-0.25, -0.2) is 0 Å². The minimum atomic E-state index is -0.870. The number of phenols is 1. The van der Waals surface area contributed by atoms with Gasteiger partial charge in [0.1, 0.15) is 5.75 Å². The Morgan fingerprint density at radius 2 is 1.57 bits per heavy atom. The largest absolute Gasteiger partial charge is 0.507 e. The highest BCUT2D eigenvalue weighted by Gasteiger charge is 2.33. The monoisotopic (exact) mass is 338 g/mol. The zero-order valence-corrected chi connectivity index (χ0v) is 16.4. The Hall–Kier alpha value is -1.16. The number of benzene rings is 1. The molecule has 3 nitrogen and oxygen atoms in total. The molecule has 0 saturated carbocycles. The molecule has 0 aliphatic carbocycles. The molecule has 0 saturated heterocycles. The van der Waals surface area contributed by atoms with Crippen LogP contribution in [0.3, 0.4) is 0 Å². The molecule has 2 atom stereocenters. The molecule has 0 fully saturated rings. The summed E-state index contributed by atoms with van der Waals surface area (Å²) in [5.74, 6) is -1.25. The lowest BCUT2D eigenvalue weighted by Crippen LogP contribution is -2.23. The Bertz CT molecular complexity index is 605. The first-order valence-electron chi connectivity index (χ1n) is 8.01. The number of aromatic hydroxyl groups is 1. The van der Waals surface area contributed by atoms with Gasteiger partial charge in [0.05, 0.1) is 5.92 Å². The van der Waals surface area contributed by atoms with Crippen LogP contribution in [-0.2, 0) is 15.6 Å². The van der Waals surface area contributed by atoms with Gasteiger partial charge in [-0.2, -0.15) is 12.6 Å². The number of carbonyl (C=O) groups is 1. The van der Waals surface area contributed by atoms with Gasteiger partial charge in [-0.05, 0) is 41.4 Å². The molecule has 23 heavy (non-hydrogen) atoms. The Labute approximate surface area is 145 Å². The van der Waals surface area contributed by atoms with Crippen LogP contribution in [0.15, 0.2) is 6.07 Å². The average molecular weight is 339 g/mol. The van der Waals surface area contributed by atoms with Crippen LogP contribution in [0.25, 0.3) is 0 Å². The van der Waals surface area contributed by atoms with Crippen LogP contribution in [-0.4, -0.2) is 16.2 Å². The highest BCUT2D eigenvalue weighted by Crippen LogP contribution is 2.47. The Morgan fingerprint density at radius 3 is 1.87 bits per heavy atom. The molecule has 0 heterocycles. The molecule has 0 radical (unpaired) electrons. The van der Waals surface area contributed by atoms with E-state index in [4.69, 9.17) is 0 Å². The van der Waals surface area contributed by atoms with Crippen molar-refractivity contribution in [3.8, 4) is 5.75 Å². The van der Waals surface area contributed by atoms with E-state index in [9.17, 15) is 15.0 Å². The summed E-state index contributed by atoms with van der Waals surface area (Å²) in [5, 5.41) is 20.3. The summed E-state index contributed by atoms with van der Waals surface area (Å²) in [5.41, 5.74) is 2.56. The van der Waals surface area contributed by atoms with Gasteiger partial charge in [0.15, 0.2) is 0 Å². The summed E-state index contributed by atoms with van der Waals surface area (Å²) < 4.78 is 0. The second-order valence-corrected chi connectivity index (χ2v) is 9.16. The molecule has 1 aromatic rings. The highest BCUT2D eigenvalue weighted by molar-refractivity contribution is 7.80. The van der Waals surface area contributed by atoms with Crippen LogP contribution in [0.1, 0.15) is 88.8 Å². The molecule has 0 aliphatic rings. The molecule has 0 aliphatic heterocycles. The maximum Gasteiger partial charge on any atom is 0.310 e. The average Bonchev–Trinajstić information content (AvgIpc) is 2.33. The summed E-state index contributed by atoms with van der Waals surface area (Å²) in [6.45, 7) is 15.8. The fourth-order valence-electron chi connectivity index (χ4n) is 2.98. The Balaban J connectivity index is 4.00. The molecule has 130 valence electrons. The minimum Gasteiger partial charge on any atom is -0.507 e. The smallest absolute Gasteiger partial charge is 0.310 e. The van der Waals surface area contributed by atoms with Crippen LogP contribution < -0.4 is 0 Å². The number of thiol groups is 1. The summed E-state index contributed by atoms with van der Waals surface area (Å²) in [6, 6.07) is 1.85. The molecular weight excluding hydrogens is 308 g/mol. The number of aliphatic carboxylic acids is 1. The predicted molar refractivity (Wildman–Crippen MR) is 99.0 cm³/mol. The van der Waals surface area contributed by atoms with Gasteiger partial charge in [-0.1, -0.05) is 47.6 Å². The molecule has 2 unspecified atom stereocenters. The van der Waals surface area contributed by atoms with Gasteiger partial charge in [-0.15, -0.1) is 0 Å². The van der Waals surface area contributed by atoms with E-state index in [0.717, 1.165) is 22.3 Å². The van der Waals surface area contributed by atoms with Crippen molar-refractivity contribution in [2.45, 2.75) is 77.4 Å². The van der Waals surface area contributed by atoms with Crippen molar-refractivity contribution in [1.82, 2.24) is 0 Å². The van der Waals surface area contributed by atoms with Crippen molar-refractivity contribution >= 4 is 18.6 Å². The second-order valence-electron chi connectivity index (χ2n) is 8.39. The third-order valence-electron chi connectivity index (χ3n) is 4.18. The normalized spacial score (nSPS) is 15.3. The van der Waals surface area contributed by atoms with Crippen LogP contribution in [0.2, 0.25) is 0 Å². The van der Waals surface area contributed by atoms with Crippen molar-refractivity contribution in [3.63, 3.8) is 0 Å².